The van der Waals surface area contributed by atoms with Gasteiger partial charge in [-0.05, 0) is 48.0 Å². The summed E-state index contributed by atoms with van der Waals surface area (Å²) in [6, 6.07) is 11.1. The molecule has 0 spiro atoms. The first kappa shape index (κ1) is 22.0. The Hall–Kier alpha value is -1.67. The number of hydrogen-bond donors (Lipinski definition) is 3. The van der Waals surface area contributed by atoms with E-state index in [1.54, 1.807) is 0 Å². The predicted octanol–water partition coefficient (Wildman–Crippen LogP) is 5.89. The Morgan fingerprint density at radius 2 is 1.17 bits per heavy atom. The van der Waals surface area contributed by atoms with Crippen molar-refractivity contribution in [2.24, 2.45) is 0 Å². The van der Waals surface area contributed by atoms with Crippen molar-refractivity contribution in [1.29, 1.82) is 0 Å². The van der Waals surface area contributed by atoms with Crippen molar-refractivity contribution in [3.63, 3.8) is 0 Å². The SMILES string of the molecule is O=S(=O)(O)C(c1ccc(O)cc1)(c1cc(O)ccc1Cl)c1cc(Cl)c(Cl)cc1Cl. The monoisotopic (exact) mass is 492 g/mol. The van der Waals surface area contributed by atoms with Gasteiger partial charge in [-0.1, -0.05) is 58.5 Å². The lowest BCUT2D eigenvalue weighted by atomic mass is 9.83. The molecule has 3 N–H and O–H groups in total. The Balaban J connectivity index is 2.61. The van der Waals surface area contributed by atoms with Crippen molar-refractivity contribution in [3.05, 3.63) is 91.4 Å². The fourth-order valence-electron chi connectivity index (χ4n) is 3.15. The molecule has 0 bridgehead atoms. The van der Waals surface area contributed by atoms with Gasteiger partial charge in [-0.25, -0.2) is 0 Å². The Kier molecular flexibility index (Phi) is 5.98. The molecule has 152 valence electrons. The highest BCUT2D eigenvalue weighted by Gasteiger charge is 2.51. The Bertz CT molecular complexity index is 1200. The van der Waals surface area contributed by atoms with Gasteiger partial charge in [-0.3, -0.25) is 4.55 Å². The second kappa shape index (κ2) is 7.87. The van der Waals surface area contributed by atoms with E-state index < -0.39 is 14.9 Å². The standard InChI is InChI=1S/C19H12Cl4O5S/c20-15-6-5-12(25)7-13(15)19(29(26,27)28,10-1-3-11(24)4-2-10)14-8-17(22)18(23)9-16(14)21/h1-9,24-25H,(H,26,27,28). The van der Waals surface area contributed by atoms with Gasteiger partial charge in [0.25, 0.3) is 10.1 Å². The highest BCUT2D eigenvalue weighted by Crippen LogP contribution is 2.50. The van der Waals surface area contributed by atoms with Crippen LogP contribution in [0.3, 0.4) is 0 Å². The van der Waals surface area contributed by atoms with Crippen LogP contribution in [0.2, 0.25) is 20.1 Å². The molecule has 0 heterocycles. The van der Waals surface area contributed by atoms with Gasteiger partial charge < -0.3 is 10.2 Å². The van der Waals surface area contributed by atoms with Crippen molar-refractivity contribution in [3.8, 4) is 11.5 Å². The summed E-state index contributed by atoms with van der Waals surface area (Å²) in [6.45, 7) is 0. The normalized spacial score (nSPS) is 13.8. The summed E-state index contributed by atoms with van der Waals surface area (Å²) in [4.78, 5) is 0. The third-order valence-electron chi connectivity index (χ3n) is 4.38. The molecule has 0 saturated heterocycles. The van der Waals surface area contributed by atoms with Crippen LogP contribution < -0.4 is 0 Å². The highest BCUT2D eigenvalue weighted by atomic mass is 35.5. The van der Waals surface area contributed by atoms with Crippen LogP contribution in [-0.2, 0) is 14.9 Å². The molecular weight excluding hydrogens is 482 g/mol. The molecule has 29 heavy (non-hydrogen) atoms. The number of rotatable bonds is 4. The number of benzene rings is 3. The van der Waals surface area contributed by atoms with Crippen molar-refractivity contribution in [2.75, 3.05) is 0 Å². The summed E-state index contributed by atoms with van der Waals surface area (Å²) < 4.78 is 34.0. The number of phenols is 2. The minimum atomic E-state index is -5.05. The van der Waals surface area contributed by atoms with E-state index >= 15 is 0 Å². The molecule has 1 unspecified atom stereocenters. The lowest BCUT2D eigenvalue weighted by Gasteiger charge is -2.34. The summed E-state index contributed by atoms with van der Waals surface area (Å²) in [6.07, 6.45) is 0. The molecule has 10 heteroatoms. The van der Waals surface area contributed by atoms with Crippen LogP contribution in [0.1, 0.15) is 16.7 Å². The van der Waals surface area contributed by atoms with E-state index in [9.17, 15) is 23.2 Å². The molecule has 0 radical (unpaired) electrons. The molecule has 3 rings (SSSR count). The first-order valence-electron chi connectivity index (χ1n) is 7.89. The molecule has 0 aliphatic rings. The van der Waals surface area contributed by atoms with Crippen molar-refractivity contribution >= 4 is 56.5 Å². The number of hydrogen-bond acceptors (Lipinski definition) is 4. The third-order valence-corrected chi connectivity index (χ3v) is 7.19. The molecule has 3 aromatic rings. The van der Waals surface area contributed by atoms with Crippen LogP contribution in [0.5, 0.6) is 11.5 Å². The van der Waals surface area contributed by atoms with E-state index in [0.29, 0.717) is 0 Å². The van der Waals surface area contributed by atoms with Gasteiger partial charge in [-0.2, -0.15) is 8.42 Å². The third kappa shape index (κ3) is 3.77. The molecule has 5 nitrogen and oxygen atoms in total. The molecule has 0 aliphatic heterocycles. The highest BCUT2D eigenvalue weighted by molar-refractivity contribution is 7.87. The minimum absolute atomic E-state index is 0.00871. The summed E-state index contributed by atoms with van der Waals surface area (Å²) >= 11 is 24.8. The van der Waals surface area contributed by atoms with E-state index in [0.717, 1.165) is 6.07 Å². The van der Waals surface area contributed by atoms with E-state index in [1.807, 2.05) is 0 Å². The van der Waals surface area contributed by atoms with E-state index in [4.69, 9.17) is 46.4 Å². The summed E-state index contributed by atoms with van der Waals surface area (Å²) in [5, 5.41) is 19.5. The van der Waals surface area contributed by atoms with Gasteiger partial charge in [0.15, 0.2) is 4.75 Å². The van der Waals surface area contributed by atoms with Gasteiger partial charge >= 0.3 is 0 Å². The van der Waals surface area contributed by atoms with Gasteiger partial charge in [0.2, 0.25) is 0 Å². The molecule has 0 aromatic heterocycles. The first-order valence-corrected chi connectivity index (χ1v) is 10.8. The second-order valence-corrected chi connectivity index (χ2v) is 9.30. The summed E-state index contributed by atoms with van der Waals surface area (Å²) in [7, 11) is -5.05. The summed E-state index contributed by atoms with van der Waals surface area (Å²) in [5.41, 5.74) is -0.326. The largest absolute Gasteiger partial charge is 0.508 e. The smallest absolute Gasteiger partial charge is 0.283 e. The zero-order chi connectivity index (χ0) is 21.6. The molecule has 3 aromatic carbocycles. The average molecular weight is 494 g/mol. The zero-order valence-electron chi connectivity index (χ0n) is 14.3. The Morgan fingerprint density at radius 1 is 0.655 bits per heavy atom. The van der Waals surface area contributed by atoms with Crippen LogP contribution in [-0.4, -0.2) is 23.2 Å². The van der Waals surface area contributed by atoms with E-state index in [1.165, 1.54) is 48.5 Å². The maximum atomic E-state index is 13.0. The van der Waals surface area contributed by atoms with Crippen LogP contribution in [0.15, 0.2) is 54.6 Å². The van der Waals surface area contributed by atoms with Gasteiger partial charge in [0, 0.05) is 21.2 Å². The van der Waals surface area contributed by atoms with Crippen LogP contribution in [0.25, 0.3) is 0 Å². The molecule has 0 saturated carbocycles. The number of aromatic hydroxyl groups is 2. The lowest BCUT2D eigenvalue weighted by Crippen LogP contribution is -2.38. The maximum absolute atomic E-state index is 13.0. The minimum Gasteiger partial charge on any atom is -0.508 e. The molecular formula is C19H12Cl4O5S. The quantitative estimate of drug-likeness (QED) is 0.239. The van der Waals surface area contributed by atoms with Crippen LogP contribution in [0.4, 0.5) is 0 Å². The van der Waals surface area contributed by atoms with Crippen LogP contribution in [0, 0.1) is 0 Å². The van der Waals surface area contributed by atoms with Crippen molar-refractivity contribution in [2.45, 2.75) is 4.75 Å². The average Bonchev–Trinajstić information content (AvgIpc) is 2.63. The molecule has 0 amide bonds. The summed E-state index contributed by atoms with van der Waals surface area (Å²) in [5.74, 6) is -0.437. The number of halogens is 4. The second-order valence-electron chi connectivity index (χ2n) is 6.11. The van der Waals surface area contributed by atoms with E-state index in [2.05, 4.69) is 0 Å². The zero-order valence-corrected chi connectivity index (χ0v) is 18.1. The van der Waals surface area contributed by atoms with Gasteiger partial charge in [0.1, 0.15) is 11.5 Å². The molecule has 1 atom stereocenters. The molecule has 0 aliphatic carbocycles. The number of phenolic OH excluding ortho intramolecular Hbond substituents is 2. The Morgan fingerprint density at radius 3 is 1.76 bits per heavy atom. The topological polar surface area (TPSA) is 94.8 Å². The Labute approximate surface area is 186 Å². The van der Waals surface area contributed by atoms with Crippen molar-refractivity contribution < 1.29 is 23.2 Å². The first-order chi connectivity index (χ1) is 13.5. The fraction of sp³-hybridized carbons (Fsp3) is 0.0526. The van der Waals surface area contributed by atoms with Crippen LogP contribution >= 0.6 is 46.4 Å². The van der Waals surface area contributed by atoms with Crippen molar-refractivity contribution in [1.82, 2.24) is 0 Å². The van der Waals surface area contributed by atoms with Gasteiger partial charge in [0.05, 0.1) is 10.0 Å². The lowest BCUT2D eigenvalue weighted by molar-refractivity contribution is 0.455. The maximum Gasteiger partial charge on any atom is 0.283 e. The predicted molar refractivity (Wildman–Crippen MR) is 114 cm³/mol. The van der Waals surface area contributed by atoms with E-state index in [-0.39, 0.29) is 48.3 Å². The van der Waals surface area contributed by atoms with Gasteiger partial charge in [-0.15, -0.1) is 0 Å². The molecule has 0 fully saturated rings. The fourth-order valence-corrected chi connectivity index (χ4v) is 5.54.